The maximum absolute atomic E-state index is 12.5. The predicted octanol–water partition coefficient (Wildman–Crippen LogP) is 3.12. The summed E-state index contributed by atoms with van der Waals surface area (Å²) in [7, 11) is 0. The largest absolute Gasteiger partial charge is 0.294 e. The number of fused-ring (bicyclic) bond motifs is 1. The summed E-state index contributed by atoms with van der Waals surface area (Å²) in [6, 6.07) is 11.6. The van der Waals surface area contributed by atoms with Gasteiger partial charge < -0.3 is 0 Å². The Morgan fingerprint density at radius 3 is 2.73 bits per heavy atom. The number of nitrogens with zero attached hydrogens (tertiary/aromatic N) is 3. The SMILES string of the molecule is O=c1c2cc([N+](=O)[O-])ccc2ncn1Cc1ccccc1Br. The minimum Gasteiger partial charge on any atom is -0.294 e. The van der Waals surface area contributed by atoms with Crippen LogP contribution < -0.4 is 5.56 Å². The van der Waals surface area contributed by atoms with Crippen molar-refractivity contribution >= 4 is 32.5 Å². The second-order valence-corrected chi connectivity index (χ2v) is 5.58. The fourth-order valence-corrected chi connectivity index (χ4v) is 2.59. The fourth-order valence-electron chi connectivity index (χ4n) is 2.18. The Hall–Kier alpha value is -2.54. The summed E-state index contributed by atoms with van der Waals surface area (Å²) in [6.07, 6.45) is 1.45. The van der Waals surface area contributed by atoms with Crippen molar-refractivity contribution in [3.8, 4) is 0 Å². The monoisotopic (exact) mass is 359 g/mol. The first-order valence-electron chi connectivity index (χ1n) is 6.43. The van der Waals surface area contributed by atoms with Crippen LogP contribution in [-0.4, -0.2) is 14.5 Å². The van der Waals surface area contributed by atoms with E-state index in [-0.39, 0.29) is 16.6 Å². The van der Waals surface area contributed by atoms with E-state index in [1.165, 1.54) is 29.1 Å². The lowest BCUT2D eigenvalue weighted by atomic mass is 10.2. The molecule has 0 radical (unpaired) electrons. The lowest BCUT2D eigenvalue weighted by Gasteiger charge is -2.08. The zero-order valence-corrected chi connectivity index (χ0v) is 12.9. The van der Waals surface area contributed by atoms with Gasteiger partial charge in [-0.2, -0.15) is 0 Å². The molecule has 7 heteroatoms. The van der Waals surface area contributed by atoms with Gasteiger partial charge in [0.25, 0.3) is 11.2 Å². The Morgan fingerprint density at radius 1 is 1.23 bits per heavy atom. The molecule has 0 saturated carbocycles. The zero-order chi connectivity index (χ0) is 15.7. The molecular weight excluding hydrogens is 350 g/mol. The topological polar surface area (TPSA) is 78.0 Å². The van der Waals surface area contributed by atoms with Crippen molar-refractivity contribution < 1.29 is 4.92 Å². The van der Waals surface area contributed by atoms with Crippen LogP contribution in [0.25, 0.3) is 10.9 Å². The minimum atomic E-state index is -0.524. The Labute approximate surface area is 133 Å². The van der Waals surface area contributed by atoms with E-state index in [0.717, 1.165) is 10.0 Å². The molecule has 6 nitrogen and oxygen atoms in total. The van der Waals surface area contributed by atoms with Crippen LogP contribution in [-0.2, 0) is 6.54 Å². The Bertz CT molecular complexity index is 937. The lowest BCUT2D eigenvalue weighted by Crippen LogP contribution is -2.21. The van der Waals surface area contributed by atoms with Crippen molar-refractivity contribution in [3.05, 3.63) is 79.3 Å². The molecule has 110 valence electrons. The van der Waals surface area contributed by atoms with Crippen molar-refractivity contribution in [1.82, 2.24) is 9.55 Å². The van der Waals surface area contributed by atoms with Crippen molar-refractivity contribution in [2.24, 2.45) is 0 Å². The van der Waals surface area contributed by atoms with Crippen molar-refractivity contribution in [2.45, 2.75) is 6.54 Å². The van der Waals surface area contributed by atoms with Gasteiger partial charge in [-0.15, -0.1) is 0 Å². The third-order valence-corrected chi connectivity index (χ3v) is 4.09. The number of nitro benzene ring substituents is 1. The first kappa shape index (κ1) is 14.4. The van der Waals surface area contributed by atoms with Gasteiger partial charge in [0.05, 0.1) is 28.7 Å². The molecule has 0 bridgehead atoms. The summed E-state index contributed by atoms with van der Waals surface area (Å²) in [5.74, 6) is 0. The molecule has 3 rings (SSSR count). The van der Waals surface area contributed by atoms with Gasteiger partial charge >= 0.3 is 0 Å². The molecule has 2 aromatic carbocycles. The molecule has 22 heavy (non-hydrogen) atoms. The van der Waals surface area contributed by atoms with Crippen LogP contribution in [0.4, 0.5) is 5.69 Å². The number of rotatable bonds is 3. The molecule has 0 N–H and O–H groups in total. The third-order valence-electron chi connectivity index (χ3n) is 3.32. The number of non-ortho nitro benzene ring substituents is 1. The van der Waals surface area contributed by atoms with Crippen molar-refractivity contribution in [3.63, 3.8) is 0 Å². The van der Waals surface area contributed by atoms with Gasteiger partial charge in [0.1, 0.15) is 0 Å². The summed E-state index contributed by atoms with van der Waals surface area (Å²) in [5.41, 5.74) is 0.949. The van der Waals surface area contributed by atoms with Crippen LogP contribution in [0, 0.1) is 10.1 Å². The minimum absolute atomic E-state index is 0.120. The molecular formula is C15H10BrN3O3. The van der Waals surface area contributed by atoms with E-state index >= 15 is 0 Å². The molecule has 1 heterocycles. The van der Waals surface area contributed by atoms with Crippen LogP contribution in [0.3, 0.4) is 0 Å². The standard InChI is InChI=1S/C15H10BrN3O3/c16-13-4-2-1-3-10(13)8-18-9-17-14-6-5-11(19(21)22)7-12(14)15(18)20/h1-7,9H,8H2. The lowest BCUT2D eigenvalue weighted by molar-refractivity contribution is -0.384. The summed E-state index contributed by atoms with van der Waals surface area (Å²) in [4.78, 5) is 27.0. The second-order valence-electron chi connectivity index (χ2n) is 4.73. The van der Waals surface area contributed by atoms with Crippen molar-refractivity contribution in [2.75, 3.05) is 0 Å². The average Bonchev–Trinajstić information content (AvgIpc) is 2.52. The van der Waals surface area contributed by atoms with Gasteiger partial charge in [-0.05, 0) is 17.7 Å². The van der Waals surface area contributed by atoms with Gasteiger partial charge in [0.15, 0.2) is 0 Å². The molecule has 1 aromatic heterocycles. The summed E-state index contributed by atoms with van der Waals surface area (Å²) >= 11 is 3.43. The van der Waals surface area contributed by atoms with E-state index in [1.54, 1.807) is 0 Å². The number of hydrogen-bond acceptors (Lipinski definition) is 4. The highest BCUT2D eigenvalue weighted by molar-refractivity contribution is 9.10. The smallest absolute Gasteiger partial charge is 0.270 e. The molecule has 0 atom stereocenters. The fraction of sp³-hybridized carbons (Fsp3) is 0.0667. The third kappa shape index (κ3) is 2.62. The highest BCUT2D eigenvalue weighted by atomic mass is 79.9. The Morgan fingerprint density at radius 2 is 2.00 bits per heavy atom. The van der Waals surface area contributed by atoms with Gasteiger partial charge in [-0.1, -0.05) is 34.1 Å². The number of nitro groups is 1. The molecule has 0 saturated heterocycles. The second kappa shape index (κ2) is 5.69. The first-order valence-corrected chi connectivity index (χ1v) is 7.22. The number of benzene rings is 2. The number of aromatic nitrogens is 2. The van der Waals surface area contributed by atoms with Crippen LogP contribution in [0.5, 0.6) is 0 Å². The molecule has 0 spiro atoms. The van der Waals surface area contributed by atoms with Gasteiger partial charge in [-0.25, -0.2) is 4.98 Å². The van der Waals surface area contributed by atoms with E-state index in [2.05, 4.69) is 20.9 Å². The summed E-state index contributed by atoms with van der Waals surface area (Å²) < 4.78 is 2.33. The normalized spacial score (nSPS) is 10.8. The van der Waals surface area contributed by atoms with Gasteiger partial charge in [-0.3, -0.25) is 19.5 Å². The van der Waals surface area contributed by atoms with E-state index in [9.17, 15) is 14.9 Å². The van der Waals surface area contributed by atoms with Crippen LogP contribution >= 0.6 is 15.9 Å². The number of halogens is 1. The predicted molar refractivity (Wildman–Crippen MR) is 85.9 cm³/mol. The summed E-state index contributed by atoms with van der Waals surface area (Å²) in [5, 5.41) is 11.1. The van der Waals surface area contributed by atoms with Crippen molar-refractivity contribution in [1.29, 1.82) is 0 Å². The average molecular weight is 360 g/mol. The highest BCUT2D eigenvalue weighted by Crippen LogP contribution is 2.18. The van der Waals surface area contributed by atoms with Crippen LogP contribution in [0.2, 0.25) is 0 Å². The van der Waals surface area contributed by atoms with E-state index in [4.69, 9.17) is 0 Å². The Balaban J connectivity index is 2.11. The molecule has 0 aliphatic carbocycles. The summed E-state index contributed by atoms with van der Waals surface area (Å²) in [6.45, 7) is 0.339. The molecule has 0 fully saturated rings. The number of hydrogen-bond donors (Lipinski definition) is 0. The van der Waals surface area contributed by atoms with Crippen LogP contribution in [0.15, 0.2) is 58.1 Å². The molecule has 3 aromatic rings. The maximum Gasteiger partial charge on any atom is 0.270 e. The molecule has 0 amide bonds. The molecule has 0 unspecified atom stereocenters. The van der Waals surface area contributed by atoms with E-state index < -0.39 is 4.92 Å². The van der Waals surface area contributed by atoms with Crippen LogP contribution in [0.1, 0.15) is 5.56 Å². The van der Waals surface area contributed by atoms with Gasteiger partial charge in [0.2, 0.25) is 0 Å². The Kier molecular flexibility index (Phi) is 3.72. The first-order chi connectivity index (χ1) is 10.6. The maximum atomic E-state index is 12.5. The van der Waals surface area contributed by atoms with E-state index in [0.29, 0.717) is 12.1 Å². The van der Waals surface area contributed by atoms with Gasteiger partial charge in [0, 0.05) is 16.6 Å². The zero-order valence-electron chi connectivity index (χ0n) is 11.3. The molecule has 0 aliphatic heterocycles. The molecule has 0 aliphatic rings. The highest BCUT2D eigenvalue weighted by Gasteiger charge is 2.11. The quantitative estimate of drug-likeness (QED) is 0.531. The van der Waals surface area contributed by atoms with E-state index in [1.807, 2.05) is 24.3 Å².